The molecule has 1 unspecified atom stereocenters. The molecule has 1 atom stereocenters. The fraction of sp³-hybridized carbons (Fsp3) is 0.471. The van der Waals surface area contributed by atoms with E-state index in [1.807, 2.05) is 13.0 Å². The van der Waals surface area contributed by atoms with Crippen LogP contribution < -0.4 is 11.1 Å². The molecule has 0 aromatic heterocycles. The molecule has 0 radical (unpaired) electrons. The van der Waals surface area contributed by atoms with Gasteiger partial charge in [-0.05, 0) is 52.8 Å². The zero-order valence-corrected chi connectivity index (χ0v) is 13.9. The normalized spacial score (nSPS) is 21.5. The predicted molar refractivity (Wildman–Crippen MR) is 88.7 cm³/mol. The molecule has 1 aromatic carbocycles. The first-order valence-electron chi connectivity index (χ1n) is 7.62. The van der Waals surface area contributed by atoms with Crippen molar-refractivity contribution in [1.82, 2.24) is 10.2 Å². The van der Waals surface area contributed by atoms with Crippen molar-refractivity contribution in [1.29, 1.82) is 0 Å². The Morgan fingerprint density at radius 1 is 1.14 bits per heavy atom. The first-order chi connectivity index (χ1) is 10.2. The Balaban J connectivity index is 2.46. The van der Waals surface area contributed by atoms with Crippen LogP contribution in [0.2, 0.25) is 0 Å². The lowest BCUT2D eigenvalue weighted by atomic mass is 10.1. The smallest absolute Gasteiger partial charge is 0.211 e. The molecule has 1 aliphatic heterocycles. The molecular weight excluding hydrogens is 279 g/mol. The van der Waals surface area contributed by atoms with Gasteiger partial charge < -0.3 is 10.2 Å². The summed E-state index contributed by atoms with van der Waals surface area (Å²) >= 11 is 0. The lowest BCUT2D eigenvalue weighted by Crippen LogP contribution is -2.53. The van der Waals surface area contributed by atoms with Crippen molar-refractivity contribution in [3.05, 3.63) is 47.4 Å². The third-order valence-corrected chi connectivity index (χ3v) is 3.69. The molecular formula is C17H25FN4. The van der Waals surface area contributed by atoms with Crippen LogP contribution in [0.1, 0.15) is 40.2 Å². The summed E-state index contributed by atoms with van der Waals surface area (Å²) in [5.74, 6) is -0.525. The molecule has 120 valence electrons. The Hall–Kier alpha value is -1.88. The summed E-state index contributed by atoms with van der Waals surface area (Å²) in [6.45, 7) is 10.5. The molecule has 22 heavy (non-hydrogen) atoms. The lowest BCUT2D eigenvalue weighted by Gasteiger charge is -2.39. The van der Waals surface area contributed by atoms with Crippen LogP contribution in [0, 0.1) is 5.82 Å². The van der Waals surface area contributed by atoms with E-state index in [0.717, 1.165) is 17.1 Å². The van der Waals surface area contributed by atoms with Crippen LogP contribution in [0.3, 0.4) is 0 Å². The minimum absolute atomic E-state index is 0.286. The number of hydrogen-bond donors (Lipinski definition) is 2. The molecule has 0 amide bonds. The summed E-state index contributed by atoms with van der Waals surface area (Å²) in [6.07, 6.45) is 1.99. The van der Waals surface area contributed by atoms with E-state index in [1.54, 1.807) is 12.1 Å². The number of hydrogen-bond acceptors (Lipinski definition) is 4. The van der Waals surface area contributed by atoms with Crippen LogP contribution in [0.4, 0.5) is 4.39 Å². The molecule has 0 fully saturated rings. The van der Waals surface area contributed by atoms with Gasteiger partial charge in [-0.25, -0.2) is 9.38 Å². The van der Waals surface area contributed by atoms with E-state index in [-0.39, 0.29) is 5.82 Å². The van der Waals surface area contributed by atoms with Crippen LogP contribution in [-0.4, -0.2) is 22.8 Å². The fourth-order valence-corrected chi connectivity index (χ4v) is 2.87. The Labute approximate surface area is 131 Å². The number of rotatable bonds is 3. The maximum atomic E-state index is 13.2. The predicted octanol–water partition coefficient (Wildman–Crippen LogP) is 2.92. The van der Waals surface area contributed by atoms with E-state index < -0.39 is 5.79 Å². The SMILES string of the molecule is CC1=CC(N(C(C)C)C(C)C)=NC(N)(c2ccc(F)cc2)N1. The van der Waals surface area contributed by atoms with Crippen LogP contribution in [-0.2, 0) is 5.79 Å². The zero-order valence-electron chi connectivity index (χ0n) is 13.9. The quantitative estimate of drug-likeness (QED) is 0.903. The van der Waals surface area contributed by atoms with Crippen molar-refractivity contribution in [3.63, 3.8) is 0 Å². The van der Waals surface area contributed by atoms with Gasteiger partial charge in [-0.1, -0.05) is 12.1 Å². The van der Waals surface area contributed by atoms with Crippen molar-refractivity contribution in [2.45, 2.75) is 52.5 Å². The molecule has 0 aliphatic carbocycles. The standard InChI is InChI=1S/C17H25FN4/c1-11(2)22(12(3)4)16-10-13(5)20-17(19,21-16)14-6-8-15(18)9-7-14/h6-12,20H,19H2,1-5H3. The summed E-state index contributed by atoms with van der Waals surface area (Å²) in [4.78, 5) is 6.94. The average molecular weight is 304 g/mol. The van der Waals surface area contributed by atoms with E-state index in [0.29, 0.717) is 12.1 Å². The topological polar surface area (TPSA) is 53.6 Å². The minimum Gasteiger partial charge on any atom is -0.352 e. The van der Waals surface area contributed by atoms with E-state index in [1.165, 1.54) is 12.1 Å². The lowest BCUT2D eigenvalue weighted by molar-refractivity contribution is 0.281. The molecule has 5 heteroatoms. The number of amidine groups is 1. The van der Waals surface area contributed by atoms with Gasteiger partial charge in [0.2, 0.25) is 5.79 Å². The van der Waals surface area contributed by atoms with Crippen molar-refractivity contribution in [2.75, 3.05) is 0 Å². The van der Waals surface area contributed by atoms with Crippen LogP contribution >= 0.6 is 0 Å². The molecule has 0 spiro atoms. The van der Waals surface area contributed by atoms with Crippen molar-refractivity contribution in [3.8, 4) is 0 Å². The van der Waals surface area contributed by atoms with Crippen molar-refractivity contribution >= 4 is 5.84 Å². The van der Waals surface area contributed by atoms with Gasteiger partial charge in [0.05, 0.1) is 0 Å². The first-order valence-corrected chi connectivity index (χ1v) is 7.62. The summed E-state index contributed by atoms with van der Waals surface area (Å²) in [5.41, 5.74) is 8.12. The van der Waals surface area contributed by atoms with E-state index >= 15 is 0 Å². The molecule has 1 aromatic rings. The van der Waals surface area contributed by atoms with Gasteiger partial charge in [0, 0.05) is 23.3 Å². The summed E-state index contributed by atoms with van der Waals surface area (Å²) in [6, 6.07) is 6.74. The highest BCUT2D eigenvalue weighted by molar-refractivity contribution is 5.95. The fourth-order valence-electron chi connectivity index (χ4n) is 2.87. The van der Waals surface area contributed by atoms with Gasteiger partial charge in [0.25, 0.3) is 0 Å². The highest BCUT2D eigenvalue weighted by Crippen LogP contribution is 2.24. The van der Waals surface area contributed by atoms with Crippen LogP contribution in [0.15, 0.2) is 41.0 Å². The third-order valence-electron chi connectivity index (χ3n) is 3.69. The van der Waals surface area contributed by atoms with Crippen LogP contribution in [0.25, 0.3) is 0 Å². The largest absolute Gasteiger partial charge is 0.352 e. The van der Waals surface area contributed by atoms with Crippen molar-refractivity contribution in [2.24, 2.45) is 10.7 Å². The number of nitrogens with one attached hydrogen (secondary N) is 1. The summed E-state index contributed by atoms with van der Waals surface area (Å²) in [7, 11) is 0. The molecule has 2 rings (SSSR count). The number of nitrogens with two attached hydrogens (primary N) is 1. The second-order valence-corrected chi connectivity index (χ2v) is 6.29. The minimum atomic E-state index is -1.08. The Kier molecular flexibility index (Phi) is 4.56. The molecule has 0 saturated carbocycles. The van der Waals surface area contributed by atoms with Gasteiger partial charge in [0.15, 0.2) is 0 Å². The molecule has 4 nitrogen and oxygen atoms in total. The Morgan fingerprint density at radius 3 is 2.18 bits per heavy atom. The second-order valence-electron chi connectivity index (χ2n) is 6.29. The highest BCUT2D eigenvalue weighted by atomic mass is 19.1. The first kappa shape index (κ1) is 16.5. The zero-order chi connectivity index (χ0) is 16.5. The molecule has 0 saturated heterocycles. The average Bonchev–Trinajstić information content (AvgIpc) is 2.37. The molecule has 0 bridgehead atoms. The van der Waals surface area contributed by atoms with Gasteiger partial charge >= 0.3 is 0 Å². The van der Waals surface area contributed by atoms with E-state index in [2.05, 4.69) is 37.9 Å². The molecule has 3 N–H and O–H groups in total. The number of nitrogens with zero attached hydrogens (tertiary/aromatic N) is 2. The maximum Gasteiger partial charge on any atom is 0.211 e. The van der Waals surface area contributed by atoms with E-state index in [9.17, 15) is 4.39 Å². The van der Waals surface area contributed by atoms with Gasteiger partial charge in [-0.3, -0.25) is 5.73 Å². The number of benzene rings is 1. The molecule has 1 aliphatic rings. The van der Waals surface area contributed by atoms with E-state index in [4.69, 9.17) is 10.7 Å². The van der Waals surface area contributed by atoms with Gasteiger partial charge in [0.1, 0.15) is 11.7 Å². The maximum absolute atomic E-state index is 13.2. The highest BCUT2D eigenvalue weighted by Gasteiger charge is 2.32. The second kappa shape index (κ2) is 6.08. The Morgan fingerprint density at radius 2 is 1.68 bits per heavy atom. The van der Waals surface area contributed by atoms with Gasteiger partial charge in [-0.15, -0.1) is 0 Å². The number of aliphatic imine (C=N–C) groups is 1. The summed E-state index contributed by atoms with van der Waals surface area (Å²) < 4.78 is 13.2. The summed E-state index contributed by atoms with van der Waals surface area (Å²) in [5, 5.41) is 3.19. The number of allylic oxidation sites excluding steroid dienone is 1. The Bertz CT molecular complexity index is 581. The van der Waals surface area contributed by atoms with Crippen molar-refractivity contribution < 1.29 is 4.39 Å². The number of halogens is 1. The monoisotopic (exact) mass is 304 g/mol. The van der Waals surface area contributed by atoms with Gasteiger partial charge in [-0.2, -0.15) is 0 Å². The van der Waals surface area contributed by atoms with Crippen LogP contribution in [0.5, 0.6) is 0 Å². The third kappa shape index (κ3) is 3.30. The molecule has 1 heterocycles.